The molecule has 2 N–H and O–H groups in total. The first-order valence-corrected chi connectivity index (χ1v) is 11.0. The molecule has 170 valence electrons. The monoisotopic (exact) mass is 460 g/mol. The van der Waals surface area contributed by atoms with Crippen LogP contribution >= 0.6 is 0 Å². The van der Waals surface area contributed by atoms with E-state index in [-0.39, 0.29) is 5.91 Å². The van der Waals surface area contributed by atoms with Crippen LogP contribution in [0.4, 0.5) is 17.2 Å². The van der Waals surface area contributed by atoms with E-state index in [4.69, 9.17) is 4.74 Å². The molecule has 0 bridgehead atoms. The molecule has 1 amide bonds. The highest BCUT2D eigenvalue weighted by Gasteiger charge is 2.24. The Morgan fingerprint density at radius 3 is 2.51 bits per heavy atom. The maximum Gasteiger partial charge on any atom is 0.259 e. The molecule has 5 aromatic rings. The lowest BCUT2D eigenvalue weighted by atomic mass is 10.1. The quantitative estimate of drug-likeness (QED) is 0.370. The lowest BCUT2D eigenvalue weighted by Gasteiger charge is -2.12. The van der Waals surface area contributed by atoms with Gasteiger partial charge in [-0.05, 0) is 60.7 Å². The van der Waals surface area contributed by atoms with Gasteiger partial charge in [0.1, 0.15) is 5.75 Å². The molecule has 3 aromatic carbocycles. The van der Waals surface area contributed by atoms with Gasteiger partial charge >= 0.3 is 0 Å². The standard InChI is InChI=1S/C27H20N6O2/c1-35-23-11-5-3-8-20(23)27(34)29-18-14-12-17(13-15-18)25-31-32-26-19-7-2-4-9-21(19)30-24-22(33(25)26)10-6-16-28-24/h2-16H,1H3,(H,28,30)(H,29,34). The van der Waals surface area contributed by atoms with Crippen LogP contribution in [-0.4, -0.2) is 32.8 Å². The van der Waals surface area contributed by atoms with E-state index < -0.39 is 0 Å². The van der Waals surface area contributed by atoms with Gasteiger partial charge in [-0.2, -0.15) is 0 Å². The molecule has 6 rings (SSSR count). The average Bonchev–Trinajstić information content (AvgIpc) is 3.28. The Kier molecular flexibility index (Phi) is 4.96. The summed E-state index contributed by atoms with van der Waals surface area (Å²) in [7, 11) is 1.55. The highest BCUT2D eigenvalue weighted by molar-refractivity contribution is 6.06. The van der Waals surface area contributed by atoms with Crippen molar-refractivity contribution in [1.82, 2.24) is 19.7 Å². The Morgan fingerprint density at radius 2 is 1.66 bits per heavy atom. The van der Waals surface area contributed by atoms with Gasteiger partial charge in [-0.1, -0.05) is 24.3 Å². The Hall–Kier alpha value is -4.98. The average molecular weight is 460 g/mol. The summed E-state index contributed by atoms with van der Waals surface area (Å²) < 4.78 is 7.30. The summed E-state index contributed by atoms with van der Waals surface area (Å²) in [5.74, 6) is 2.40. The summed E-state index contributed by atoms with van der Waals surface area (Å²) in [6, 6.07) is 26.5. The smallest absolute Gasteiger partial charge is 0.259 e. The lowest BCUT2D eigenvalue weighted by molar-refractivity contribution is 0.102. The number of ether oxygens (including phenoxy) is 1. The third-order valence-electron chi connectivity index (χ3n) is 5.86. The first-order chi connectivity index (χ1) is 17.2. The van der Waals surface area contributed by atoms with Gasteiger partial charge in [0, 0.05) is 23.0 Å². The zero-order valence-electron chi connectivity index (χ0n) is 18.8. The molecule has 8 nitrogen and oxygen atoms in total. The van der Waals surface area contributed by atoms with E-state index in [1.165, 1.54) is 0 Å². The summed E-state index contributed by atoms with van der Waals surface area (Å²) in [6.45, 7) is 0. The molecule has 1 aliphatic rings. The highest BCUT2D eigenvalue weighted by atomic mass is 16.5. The minimum atomic E-state index is -0.241. The third kappa shape index (κ3) is 3.57. The van der Waals surface area contributed by atoms with Crippen molar-refractivity contribution < 1.29 is 9.53 Å². The van der Waals surface area contributed by atoms with Crippen molar-refractivity contribution >= 4 is 23.1 Å². The van der Waals surface area contributed by atoms with Gasteiger partial charge in [0.15, 0.2) is 17.5 Å². The van der Waals surface area contributed by atoms with Crippen LogP contribution in [0.25, 0.3) is 28.5 Å². The van der Waals surface area contributed by atoms with Gasteiger partial charge in [-0.25, -0.2) is 4.98 Å². The minimum absolute atomic E-state index is 0.241. The summed E-state index contributed by atoms with van der Waals surface area (Å²) >= 11 is 0. The molecule has 1 aliphatic heterocycles. The first-order valence-electron chi connectivity index (χ1n) is 11.0. The van der Waals surface area contributed by atoms with Gasteiger partial charge in [0.2, 0.25) is 0 Å². The second-order valence-corrected chi connectivity index (χ2v) is 7.96. The largest absolute Gasteiger partial charge is 0.496 e. The molecular weight excluding hydrogens is 440 g/mol. The molecule has 0 radical (unpaired) electrons. The van der Waals surface area contributed by atoms with Crippen molar-refractivity contribution in [2.24, 2.45) is 0 Å². The number of aromatic nitrogens is 4. The summed E-state index contributed by atoms with van der Waals surface area (Å²) in [6.07, 6.45) is 1.75. The molecule has 0 saturated heterocycles. The van der Waals surface area contributed by atoms with Crippen molar-refractivity contribution in [3.63, 3.8) is 0 Å². The number of hydrogen-bond acceptors (Lipinski definition) is 6. The minimum Gasteiger partial charge on any atom is -0.496 e. The fourth-order valence-electron chi connectivity index (χ4n) is 4.20. The zero-order chi connectivity index (χ0) is 23.8. The molecule has 2 aromatic heterocycles. The van der Waals surface area contributed by atoms with Gasteiger partial charge < -0.3 is 15.4 Å². The number of hydrogen-bond donors (Lipinski definition) is 2. The topological polar surface area (TPSA) is 94.0 Å². The van der Waals surface area contributed by atoms with Crippen LogP contribution in [0, 0.1) is 0 Å². The van der Waals surface area contributed by atoms with Gasteiger partial charge in [-0.3, -0.25) is 9.36 Å². The summed E-state index contributed by atoms with van der Waals surface area (Å²) in [5.41, 5.74) is 4.69. The SMILES string of the molecule is COc1ccccc1C(=O)Nc1ccc(-c2nnc3n2-c2cccnc2Nc2ccccc2-3)cc1. The van der Waals surface area contributed by atoms with E-state index in [1.54, 1.807) is 31.5 Å². The number of anilines is 3. The predicted molar refractivity (Wildman–Crippen MR) is 134 cm³/mol. The molecule has 8 heteroatoms. The van der Waals surface area contributed by atoms with E-state index in [1.807, 2.05) is 71.3 Å². The van der Waals surface area contributed by atoms with Crippen LogP contribution in [0.2, 0.25) is 0 Å². The Balaban J connectivity index is 1.37. The number of para-hydroxylation sites is 2. The van der Waals surface area contributed by atoms with Crippen molar-refractivity contribution in [2.45, 2.75) is 0 Å². The van der Waals surface area contributed by atoms with E-state index in [2.05, 4.69) is 25.8 Å². The van der Waals surface area contributed by atoms with Gasteiger partial charge in [0.25, 0.3) is 5.91 Å². The lowest BCUT2D eigenvalue weighted by Crippen LogP contribution is -2.13. The zero-order valence-corrected chi connectivity index (χ0v) is 18.8. The van der Waals surface area contributed by atoms with Crippen LogP contribution in [0.1, 0.15) is 10.4 Å². The van der Waals surface area contributed by atoms with Crippen LogP contribution in [0.3, 0.4) is 0 Å². The number of carbonyl (C=O) groups is 1. The number of nitrogens with zero attached hydrogens (tertiary/aromatic N) is 4. The molecule has 0 atom stereocenters. The number of nitrogens with one attached hydrogen (secondary N) is 2. The molecule has 3 heterocycles. The first kappa shape index (κ1) is 20.6. The Morgan fingerprint density at radius 1 is 0.886 bits per heavy atom. The third-order valence-corrected chi connectivity index (χ3v) is 5.86. The molecule has 0 fully saturated rings. The number of pyridine rings is 1. The fourth-order valence-corrected chi connectivity index (χ4v) is 4.20. The van der Waals surface area contributed by atoms with Crippen molar-refractivity contribution in [3.8, 4) is 34.2 Å². The van der Waals surface area contributed by atoms with Crippen molar-refractivity contribution in [3.05, 3.63) is 96.7 Å². The maximum absolute atomic E-state index is 12.8. The molecule has 0 unspecified atom stereocenters. The van der Waals surface area contributed by atoms with E-state index in [9.17, 15) is 4.79 Å². The normalized spacial score (nSPS) is 11.3. The number of rotatable bonds is 4. The number of carbonyl (C=O) groups excluding carboxylic acids is 1. The van der Waals surface area contributed by atoms with Gasteiger partial charge in [0.05, 0.1) is 24.0 Å². The Bertz CT molecular complexity index is 1560. The number of amides is 1. The van der Waals surface area contributed by atoms with Crippen LogP contribution in [0.5, 0.6) is 5.75 Å². The molecule has 0 aliphatic carbocycles. The van der Waals surface area contributed by atoms with E-state index >= 15 is 0 Å². The Labute approximate surface area is 201 Å². The number of methoxy groups -OCH3 is 1. The number of fused-ring (bicyclic) bond motifs is 5. The second-order valence-electron chi connectivity index (χ2n) is 7.96. The van der Waals surface area contributed by atoms with Crippen LogP contribution < -0.4 is 15.4 Å². The molecule has 35 heavy (non-hydrogen) atoms. The highest BCUT2D eigenvalue weighted by Crippen LogP contribution is 2.39. The van der Waals surface area contributed by atoms with Crippen molar-refractivity contribution in [1.29, 1.82) is 0 Å². The summed E-state index contributed by atoms with van der Waals surface area (Å²) in [4.78, 5) is 17.3. The van der Waals surface area contributed by atoms with Crippen LogP contribution in [0.15, 0.2) is 91.1 Å². The van der Waals surface area contributed by atoms with Crippen molar-refractivity contribution in [2.75, 3.05) is 17.7 Å². The van der Waals surface area contributed by atoms with Crippen LogP contribution in [-0.2, 0) is 0 Å². The van der Waals surface area contributed by atoms with Gasteiger partial charge in [-0.15, -0.1) is 10.2 Å². The fraction of sp³-hybridized carbons (Fsp3) is 0.0370. The molecule has 0 spiro atoms. The van der Waals surface area contributed by atoms with E-state index in [0.717, 1.165) is 34.1 Å². The summed E-state index contributed by atoms with van der Waals surface area (Å²) in [5, 5.41) is 15.4. The second kappa shape index (κ2) is 8.42. The molecular formula is C27H20N6O2. The number of benzene rings is 3. The van der Waals surface area contributed by atoms with E-state index in [0.29, 0.717) is 22.8 Å². The predicted octanol–water partition coefficient (Wildman–Crippen LogP) is 5.31. The maximum atomic E-state index is 12.8. The molecule has 0 saturated carbocycles.